The summed E-state index contributed by atoms with van der Waals surface area (Å²) in [5, 5.41) is 7.75. The van der Waals surface area contributed by atoms with E-state index in [-0.39, 0.29) is 23.3 Å². The van der Waals surface area contributed by atoms with Crippen LogP contribution in [-0.4, -0.2) is 48.8 Å². The smallest absolute Gasteiger partial charge is 0.340 e. The van der Waals surface area contributed by atoms with Gasteiger partial charge in [0.2, 0.25) is 5.91 Å². The van der Waals surface area contributed by atoms with Crippen LogP contribution in [0.2, 0.25) is 0 Å². The van der Waals surface area contributed by atoms with Gasteiger partial charge in [0, 0.05) is 22.7 Å². The minimum Gasteiger partial charge on any atom is -0.497 e. The van der Waals surface area contributed by atoms with Crippen LogP contribution in [0.1, 0.15) is 43.0 Å². The number of methoxy groups -OCH3 is 1. The molecule has 0 aliphatic heterocycles. The average molecular weight is 500 g/mol. The first-order chi connectivity index (χ1) is 16.9. The molecule has 35 heavy (non-hydrogen) atoms. The van der Waals surface area contributed by atoms with E-state index in [4.69, 9.17) is 9.47 Å². The number of rotatable bonds is 9. The van der Waals surface area contributed by atoms with Gasteiger partial charge in [-0.15, -0.1) is 11.8 Å². The zero-order chi connectivity index (χ0) is 25.2. The topological polar surface area (TPSA) is 123 Å². The number of urea groups is 1. The van der Waals surface area contributed by atoms with E-state index in [1.165, 1.54) is 18.7 Å². The molecule has 1 saturated carbocycles. The summed E-state index contributed by atoms with van der Waals surface area (Å²) in [4.78, 5) is 49.9. The molecule has 10 heteroatoms. The molecule has 1 fully saturated rings. The number of imide groups is 1. The maximum Gasteiger partial charge on any atom is 0.340 e. The minimum absolute atomic E-state index is 0.0544. The molecule has 1 atom stereocenters. The van der Waals surface area contributed by atoms with Crippen molar-refractivity contribution in [3.8, 4) is 5.75 Å². The highest BCUT2D eigenvalue weighted by atomic mass is 32.2. The molecule has 2 aromatic rings. The van der Waals surface area contributed by atoms with Crippen LogP contribution in [0, 0.1) is 0 Å². The van der Waals surface area contributed by atoms with Gasteiger partial charge in [0.25, 0.3) is 5.91 Å². The Morgan fingerprint density at radius 3 is 2.54 bits per heavy atom. The number of nitrogens with one attached hydrogen (secondary N) is 3. The number of carbonyl (C=O) groups excluding carboxylic acids is 4. The second-order valence-corrected chi connectivity index (χ2v) is 9.07. The second kappa shape index (κ2) is 12.8. The molecule has 1 unspecified atom stereocenters. The van der Waals surface area contributed by atoms with Gasteiger partial charge < -0.3 is 20.1 Å². The Balaban J connectivity index is 1.52. The first kappa shape index (κ1) is 26.1. The van der Waals surface area contributed by atoms with Crippen LogP contribution in [0.15, 0.2) is 53.4 Å². The quantitative estimate of drug-likeness (QED) is 0.355. The third-order valence-corrected chi connectivity index (χ3v) is 6.47. The number of esters is 1. The minimum atomic E-state index is -1.17. The highest BCUT2D eigenvalue weighted by molar-refractivity contribution is 8.00. The van der Waals surface area contributed by atoms with Gasteiger partial charge in [-0.2, -0.15) is 0 Å². The van der Waals surface area contributed by atoms with Crippen molar-refractivity contribution in [1.29, 1.82) is 0 Å². The molecule has 3 N–H and O–H groups in total. The van der Waals surface area contributed by atoms with Crippen LogP contribution >= 0.6 is 11.8 Å². The van der Waals surface area contributed by atoms with Crippen molar-refractivity contribution in [3.63, 3.8) is 0 Å². The van der Waals surface area contributed by atoms with Gasteiger partial charge in [-0.25, -0.2) is 9.59 Å². The van der Waals surface area contributed by atoms with Crippen molar-refractivity contribution in [2.24, 2.45) is 0 Å². The Kier molecular flexibility index (Phi) is 9.54. The van der Waals surface area contributed by atoms with Crippen molar-refractivity contribution in [2.75, 3.05) is 18.2 Å². The molecule has 0 bridgehead atoms. The summed E-state index contributed by atoms with van der Waals surface area (Å²) in [5.41, 5.74) is 0.821. The fourth-order valence-electron chi connectivity index (χ4n) is 3.59. The average Bonchev–Trinajstić information content (AvgIpc) is 3.35. The first-order valence-corrected chi connectivity index (χ1v) is 12.3. The molecule has 186 valence electrons. The normalized spacial score (nSPS) is 14.0. The van der Waals surface area contributed by atoms with Crippen LogP contribution in [0.5, 0.6) is 5.75 Å². The van der Waals surface area contributed by atoms with Crippen LogP contribution in [0.3, 0.4) is 0 Å². The molecule has 3 rings (SSSR count). The van der Waals surface area contributed by atoms with Crippen LogP contribution in [0.25, 0.3) is 0 Å². The van der Waals surface area contributed by atoms with Crippen molar-refractivity contribution < 1.29 is 28.7 Å². The number of carbonyl (C=O) groups is 4. The third-order valence-electron chi connectivity index (χ3n) is 5.40. The van der Waals surface area contributed by atoms with Gasteiger partial charge in [-0.1, -0.05) is 31.0 Å². The van der Waals surface area contributed by atoms with Crippen molar-refractivity contribution >= 4 is 41.3 Å². The molecule has 0 aromatic heterocycles. The SMILES string of the molecule is COc1cccc(NC(=O)CSc2ccccc2C(=O)OC(C)C(=O)NC(=O)NC2CCCC2)c1. The molecule has 4 amide bonds. The fraction of sp³-hybridized carbons (Fsp3) is 0.360. The van der Waals surface area contributed by atoms with Crippen LogP contribution in [-0.2, 0) is 14.3 Å². The molecule has 0 radical (unpaired) electrons. The summed E-state index contributed by atoms with van der Waals surface area (Å²) in [6.45, 7) is 1.40. The largest absolute Gasteiger partial charge is 0.497 e. The number of amides is 4. The lowest BCUT2D eigenvalue weighted by Crippen LogP contribution is -2.47. The van der Waals surface area contributed by atoms with Crippen molar-refractivity contribution in [3.05, 3.63) is 54.1 Å². The molecule has 9 nitrogen and oxygen atoms in total. The summed E-state index contributed by atoms with van der Waals surface area (Å²) in [6.07, 6.45) is 2.70. The second-order valence-electron chi connectivity index (χ2n) is 8.06. The van der Waals surface area contributed by atoms with E-state index in [0.29, 0.717) is 16.3 Å². The lowest BCUT2D eigenvalue weighted by atomic mass is 10.2. The number of anilines is 1. The zero-order valence-corrected chi connectivity index (χ0v) is 20.5. The Morgan fingerprint density at radius 1 is 1.06 bits per heavy atom. The van der Waals surface area contributed by atoms with Crippen molar-refractivity contribution in [2.45, 2.75) is 49.6 Å². The van der Waals surface area contributed by atoms with Gasteiger partial charge in [-0.3, -0.25) is 14.9 Å². The number of hydrogen-bond donors (Lipinski definition) is 3. The summed E-state index contributed by atoms with van der Waals surface area (Å²) in [7, 11) is 1.54. The fourth-order valence-corrected chi connectivity index (χ4v) is 4.43. The first-order valence-electron chi connectivity index (χ1n) is 11.3. The number of benzene rings is 2. The van der Waals surface area contributed by atoms with Crippen molar-refractivity contribution in [1.82, 2.24) is 10.6 Å². The van der Waals surface area contributed by atoms with E-state index in [0.717, 1.165) is 25.7 Å². The molecule has 1 aliphatic rings. The Bertz CT molecular complexity index is 1070. The highest BCUT2D eigenvalue weighted by Crippen LogP contribution is 2.24. The molecule has 1 aliphatic carbocycles. The lowest BCUT2D eigenvalue weighted by molar-refractivity contribution is -0.128. The van der Waals surface area contributed by atoms with E-state index in [1.54, 1.807) is 55.6 Å². The Labute approximate surface area is 208 Å². The predicted octanol–water partition coefficient (Wildman–Crippen LogP) is 3.74. The summed E-state index contributed by atoms with van der Waals surface area (Å²) in [5.74, 6) is -1.01. The number of hydrogen-bond acceptors (Lipinski definition) is 7. The number of thioether (sulfide) groups is 1. The van der Waals surface area contributed by atoms with E-state index in [1.807, 2.05) is 0 Å². The molecule has 0 spiro atoms. The van der Waals surface area contributed by atoms with E-state index in [9.17, 15) is 19.2 Å². The van der Waals surface area contributed by atoms with E-state index >= 15 is 0 Å². The van der Waals surface area contributed by atoms with Crippen LogP contribution < -0.4 is 20.7 Å². The van der Waals surface area contributed by atoms with Gasteiger partial charge >= 0.3 is 12.0 Å². The Morgan fingerprint density at radius 2 is 1.80 bits per heavy atom. The van der Waals surface area contributed by atoms with Gasteiger partial charge in [0.05, 0.1) is 18.4 Å². The zero-order valence-electron chi connectivity index (χ0n) is 19.7. The van der Waals surface area contributed by atoms with Gasteiger partial charge in [-0.05, 0) is 44.0 Å². The Hall–Kier alpha value is -3.53. The van der Waals surface area contributed by atoms with Crippen LogP contribution in [0.4, 0.5) is 10.5 Å². The summed E-state index contributed by atoms with van der Waals surface area (Å²) in [6, 6.07) is 13.1. The van der Waals surface area contributed by atoms with Gasteiger partial charge in [0.1, 0.15) is 5.75 Å². The lowest BCUT2D eigenvalue weighted by Gasteiger charge is -2.16. The molecular formula is C25H29N3O6S. The predicted molar refractivity (Wildman–Crippen MR) is 133 cm³/mol. The number of ether oxygens (including phenoxy) is 2. The third kappa shape index (κ3) is 8.03. The molecule has 2 aromatic carbocycles. The maximum atomic E-state index is 12.7. The molecular weight excluding hydrogens is 470 g/mol. The summed E-state index contributed by atoms with van der Waals surface area (Å²) >= 11 is 1.17. The molecule has 0 heterocycles. The standard InChI is InChI=1S/C25H29N3O6S/c1-16(23(30)28-25(32)27-17-8-3-4-9-17)34-24(31)20-12-5-6-13-21(20)35-15-22(29)26-18-10-7-11-19(14-18)33-2/h5-7,10-14,16-17H,3-4,8-9,15H2,1-2H3,(H,26,29)(H2,27,28,30,32). The molecule has 0 saturated heterocycles. The monoisotopic (exact) mass is 499 g/mol. The maximum absolute atomic E-state index is 12.7. The van der Waals surface area contributed by atoms with E-state index < -0.39 is 24.0 Å². The van der Waals surface area contributed by atoms with Gasteiger partial charge in [0.15, 0.2) is 6.10 Å². The summed E-state index contributed by atoms with van der Waals surface area (Å²) < 4.78 is 10.4. The highest BCUT2D eigenvalue weighted by Gasteiger charge is 2.24. The van der Waals surface area contributed by atoms with E-state index in [2.05, 4.69) is 16.0 Å².